The molecule has 146 valence electrons. The molecule has 1 amide bonds. The standard InChI is InChI=1S/C21H30N4O2/c1-4-16-15(3)12-17(27-16)20(26)25(14-19-23-10-11-24(19)5-2)18-13-21(18)6-8-22-9-7-21/h10-12,18,22H,4-9,13-14H2,1-3H3. The first-order valence-corrected chi connectivity index (χ1v) is 10.2. The van der Waals surface area contributed by atoms with Crippen molar-refractivity contribution in [3.63, 3.8) is 0 Å². The number of carbonyl (C=O) groups excluding carboxylic acids is 1. The van der Waals surface area contributed by atoms with Crippen LogP contribution in [0.1, 0.15) is 60.8 Å². The molecule has 1 saturated heterocycles. The number of furan rings is 1. The van der Waals surface area contributed by atoms with Crippen LogP contribution in [0.3, 0.4) is 0 Å². The average Bonchev–Trinajstić information content (AvgIpc) is 3.03. The molecule has 0 radical (unpaired) electrons. The van der Waals surface area contributed by atoms with Crippen LogP contribution in [0, 0.1) is 12.3 Å². The largest absolute Gasteiger partial charge is 0.456 e. The van der Waals surface area contributed by atoms with Crippen LogP contribution in [-0.4, -0.2) is 39.5 Å². The van der Waals surface area contributed by atoms with Gasteiger partial charge in [-0.05, 0) is 63.2 Å². The Morgan fingerprint density at radius 2 is 2.19 bits per heavy atom. The molecule has 0 aromatic carbocycles. The molecule has 1 N–H and O–H groups in total. The maximum Gasteiger partial charge on any atom is 0.290 e. The number of aryl methyl sites for hydroxylation is 3. The zero-order valence-electron chi connectivity index (χ0n) is 16.6. The molecule has 27 heavy (non-hydrogen) atoms. The first-order valence-electron chi connectivity index (χ1n) is 10.2. The zero-order valence-corrected chi connectivity index (χ0v) is 16.6. The first-order chi connectivity index (χ1) is 13.1. The second-order valence-corrected chi connectivity index (χ2v) is 7.97. The molecule has 6 nitrogen and oxygen atoms in total. The second kappa shape index (κ2) is 7.15. The number of hydrogen-bond acceptors (Lipinski definition) is 4. The van der Waals surface area contributed by atoms with Crippen molar-refractivity contribution in [1.29, 1.82) is 0 Å². The van der Waals surface area contributed by atoms with E-state index in [0.29, 0.717) is 12.3 Å². The summed E-state index contributed by atoms with van der Waals surface area (Å²) in [6.45, 7) is 9.66. The van der Waals surface area contributed by atoms with E-state index >= 15 is 0 Å². The summed E-state index contributed by atoms with van der Waals surface area (Å²) in [5.74, 6) is 2.32. The number of hydrogen-bond donors (Lipinski definition) is 1. The fourth-order valence-corrected chi connectivity index (χ4v) is 4.60. The van der Waals surface area contributed by atoms with Gasteiger partial charge in [0.15, 0.2) is 5.76 Å². The smallest absolute Gasteiger partial charge is 0.290 e. The van der Waals surface area contributed by atoms with Crippen LogP contribution >= 0.6 is 0 Å². The minimum atomic E-state index is 0.00357. The normalized spacial score (nSPS) is 20.8. The van der Waals surface area contributed by atoms with E-state index in [1.165, 1.54) is 0 Å². The molecule has 1 aliphatic heterocycles. The molecule has 2 aliphatic rings. The summed E-state index contributed by atoms with van der Waals surface area (Å²) < 4.78 is 8.02. The van der Waals surface area contributed by atoms with Gasteiger partial charge in [-0.1, -0.05) is 6.92 Å². The van der Waals surface area contributed by atoms with Crippen molar-refractivity contribution in [3.05, 3.63) is 41.4 Å². The Kier molecular flexibility index (Phi) is 4.84. The number of piperidine rings is 1. The molecular formula is C21H30N4O2. The number of aromatic nitrogens is 2. The van der Waals surface area contributed by atoms with Gasteiger partial charge < -0.3 is 19.2 Å². The van der Waals surface area contributed by atoms with Crippen molar-refractivity contribution in [2.24, 2.45) is 5.41 Å². The fraction of sp³-hybridized carbons (Fsp3) is 0.619. The molecular weight excluding hydrogens is 340 g/mol. The number of amides is 1. The van der Waals surface area contributed by atoms with Gasteiger partial charge in [-0.25, -0.2) is 4.98 Å². The Balaban J connectivity index is 1.62. The van der Waals surface area contributed by atoms with Crippen molar-refractivity contribution >= 4 is 5.91 Å². The highest BCUT2D eigenvalue weighted by Crippen LogP contribution is 2.56. The van der Waals surface area contributed by atoms with Gasteiger partial charge in [0.1, 0.15) is 11.6 Å². The minimum Gasteiger partial charge on any atom is -0.456 e. The third kappa shape index (κ3) is 3.31. The number of imidazole rings is 1. The minimum absolute atomic E-state index is 0.00357. The summed E-state index contributed by atoms with van der Waals surface area (Å²) in [4.78, 5) is 20.0. The molecule has 1 atom stereocenters. The lowest BCUT2D eigenvalue weighted by molar-refractivity contribution is 0.0650. The number of nitrogens with one attached hydrogen (secondary N) is 1. The third-order valence-corrected chi connectivity index (χ3v) is 6.39. The molecule has 0 bridgehead atoms. The van der Waals surface area contributed by atoms with Crippen LogP contribution in [0.4, 0.5) is 0 Å². The van der Waals surface area contributed by atoms with Crippen molar-refractivity contribution in [2.45, 2.75) is 65.6 Å². The second-order valence-electron chi connectivity index (χ2n) is 7.97. The fourth-order valence-electron chi connectivity index (χ4n) is 4.60. The highest BCUT2D eigenvalue weighted by molar-refractivity contribution is 5.92. The highest BCUT2D eigenvalue weighted by Gasteiger charge is 2.58. The Hall–Kier alpha value is -2.08. The maximum atomic E-state index is 13.4. The predicted octanol–water partition coefficient (Wildman–Crippen LogP) is 3.15. The van der Waals surface area contributed by atoms with E-state index in [-0.39, 0.29) is 17.4 Å². The summed E-state index contributed by atoms with van der Waals surface area (Å²) in [6, 6.07) is 2.18. The monoisotopic (exact) mass is 370 g/mol. The van der Waals surface area contributed by atoms with Gasteiger partial charge in [-0.3, -0.25) is 4.79 Å². The summed E-state index contributed by atoms with van der Waals surface area (Å²) >= 11 is 0. The van der Waals surface area contributed by atoms with Gasteiger partial charge in [0.2, 0.25) is 0 Å². The molecule has 1 unspecified atom stereocenters. The summed E-state index contributed by atoms with van der Waals surface area (Å²) in [7, 11) is 0. The van der Waals surface area contributed by atoms with Crippen molar-refractivity contribution in [1.82, 2.24) is 19.8 Å². The van der Waals surface area contributed by atoms with E-state index in [4.69, 9.17) is 4.42 Å². The van der Waals surface area contributed by atoms with Gasteiger partial charge in [0, 0.05) is 31.4 Å². The first kappa shape index (κ1) is 18.3. The molecule has 4 rings (SSSR count). The quantitative estimate of drug-likeness (QED) is 0.848. The summed E-state index contributed by atoms with van der Waals surface area (Å²) in [6.07, 6.45) is 7.98. The molecule has 2 aromatic heterocycles. The van der Waals surface area contributed by atoms with Crippen molar-refractivity contribution < 1.29 is 9.21 Å². The molecule has 1 aliphatic carbocycles. The zero-order chi connectivity index (χ0) is 19.0. The third-order valence-electron chi connectivity index (χ3n) is 6.39. The van der Waals surface area contributed by atoms with Gasteiger partial charge >= 0.3 is 0 Å². The molecule has 2 aromatic rings. The van der Waals surface area contributed by atoms with Crippen molar-refractivity contribution in [2.75, 3.05) is 13.1 Å². The topological polar surface area (TPSA) is 63.3 Å². The number of carbonyl (C=O) groups is 1. The van der Waals surface area contributed by atoms with Crippen LogP contribution < -0.4 is 5.32 Å². The van der Waals surface area contributed by atoms with Crippen LogP contribution in [-0.2, 0) is 19.5 Å². The molecule has 3 heterocycles. The van der Waals surface area contributed by atoms with E-state index in [1.807, 2.05) is 30.3 Å². The van der Waals surface area contributed by atoms with Crippen LogP contribution in [0.15, 0.2) is 22.9 Å². The maximum absolute atomic E-state index is 13.4. The molecule has 6 heteroatoms. The van der Waals surface area contributed by atoms with E-state index < -0.39 is 0 Å². The van der Waals surface area contributed by atoms with E-state index in [0.717, 1.165) is 62.5 Å². The van der Waals surface area contributed by atoms with Crippen LogP contribution in [0.25, 0.3) is 0 Å². The number of rotatable bonds is 6. The van der Waals surface area contributed by atoms with Gasteiger partial charge in [-0.15, -0.1) is 0 Å². The summed E-state index contributed by atoms with van der Waals surface area (Å²) in [5, 5.41) is 3.44. The lowest BCUT2D eigenvalue weighted by Gasteiger charge is -2.29. The van der Waals surface area contributed by atoms with Crippen molar-refractivity contribution in [3.8, 4) is 0 Å². The average molecular weight is 370 g/mol. The molecule has 1 spiro atoms. The Morgan fingerprint density at radius 3 is 2.85 bits per heavy atom. The van der Waals surface area contributed by atoms with Gasteiger partial charge in [0.25, 0.3) is 5.91 Å². The summed E-state index contributed by atoms with van der Waals surface area (Å²) in [5.41, 5.74) is 1.34. The van der Waals surface area contributed by atoms with Gasteiger partial charge in [0.05, 0.1) is 6.54 Å². The molecule has 1 saturated carbocycles. The van der Waals surface area contributed by atoms with E-state index in [2.05, 4.69) is 28.7 Å². The molecule has 2 fully saturated rings. The van der Waals surface area contributed by atoms with Crippen LogP contribution in [0.2, 0.25) is 0 Å². The Morgan fingerprint density at radius 1 is 1.41 bits per heavy atom. The Labute approximate surface area is 160 Å². The SMILES string of the molecule is CCc1oc(C(=O)N(Cc2nccn2CC)C2CC23CCNCC3)cc1C. The highest BCUT2D eigenvalue weighted by atomic mass is 16.4. The lowest BCUT2D eigenvalue weighted by Crippen LogP contribution is -2.39. The van der Waals surface area contributed by atoms with E-state index in [1.54, 1.807) is 0 Å². The van der Waals surface area contributed by atoms with Gasteiger partial charge in [-0.2, -0.15) is 0 Å². The Bertz CT molecular complexity index is 816. The van der Waals surface area contributed by atoms with Crippen LogP contribution in [0.5, 0.6) is 0 Å². The predicted molar refractivity (Wildman–Crippen MR) is 104 cm³/mol. The number of nitrogens with zero attached hydrogens (tertiary/aromatic N) is 3. The lowest BCUT2D eigenvalue weighted by atomic mass is 9.93. The van der Waals surface area contributed by atoms with E-state index in [9.17, 15) is 4.79 Å².